The van der Waals surface area contributed by atoms with Gasteiger partial charge < -0.3 is 0 Å². The van der Waals surface area contributed by atoms with Crippen LogP contribution in [0.3, 0.4) is 0 Å². The number of rotatable bonds is 4. The molecule has 3 rings (SSSR count). The Bertz CT molecular complexity index is 778. The number of hydrogen-bond acceptors (Lipinski definition) is 2. The van der Waals surface area contributed by atoms with Crippen LogP contribution in [-0.4, -0.2) is 15.3 Å². The molecular weight excluding hydrogens is 356 g/mol. The number of thioether (sulfide) groups is 1. The first kappa shape index (κ1) is 15.4. The normalized spacial score (nSPS) is 10.9. The third-order valence-electron chi connectivity index (χ3n) is 3.50. The number of imidazole rings is 1. The fourth-order valence-electron chi connectivity index (χ4n) is 2.44. The Labute approximate surface area is 143 Å². The number of aryl methyl sites for hydroxylation is 1. The Morgan fingerprint density at radius 2 is 1.82 bits per heavy atom. The van der Waals surface area contributed by atoms with Crippen LogP contribution in [0.15, 0.2) is 64.4 Å². The second kappa shape index (κ2) is 6.71. The molecule has 0 spiro atoms. The maximum Gasteiger partial charge on any atom is 0.173 e. The Morgan fingerprint density at radius 1 is 1.09 bits per heavy atom. The predicted octanol–water partition coefficient (Wildman–Crippen LogP) is 5.72. The summed E-state index contributed by atoms with van der Waals surface area (Å²) >= 11 is 5.26. The van der Waals surface area contributed by atoms with E-state index in [-0.39, 0.29) is 0 Å². The summed E-state index contributed by atoms with van der Waals surface area (Å²) in [6, 6.07) is 16.8. The first-order valence-corrected chi connectivity index (χ1v) is 9.01. The van der Waals surface area contributed by atoms with Crippen molar-refractivity contribution in [1.29, 1.82) is 0 Å². The number of nitrogens with zero attached hydrogens (tertiary/aromatic N) is 2. The molecule has 0 N–H and O–H groups in total. The molecule has 112 valence electrons. The van der Waals surface area contributed by atoms with Crippen molar-refractivity contribution in [3.05, 3.63) is 64.8 Å². The second-order valence-electron chi connectivity index (χ2n) is 4.99. The van der Waals surface area contributed by atoms with Crippen LogP contribution in [0.5, 0.6) is 0 Å². The van der Waals surface area contributed by atoms with Crippen LogP contribution >= 0.6 is 27.7 Å². The fourth-order valence-corrected chi connectivity index (χ4v) is 3.41. The number of para-hydroxylation sites is 1. The first-order chi connectivity index (χ1) is 10.7. The maximum absolute atomic E-state index is 4.64. The molecule has 2 aromatic carbocycles. The van der Waals surface area contributed by atoms with Crippen LogP contribution in [0.1, 0.15) is 12.5 Å². The molecule has 0 saturated carbocycles. The molecule has 1 aromatic heterocycles. The highest BCUT2D eigenvalue weighted by Crippen LogP contribution is 2.31. The van der Waals surface area contributed by atoms with Crippen molar-refractivity contribution in [1.82, 2.24) is 9.55 Å². The van der Waals surface area contributed by atoms with Crippen molar-refractivity contribution < 1.29 is 0 Å². The summed E-state index contributed by atoms with van der Waals surface area (Å²) in [5.41, 5.74) is 4.73. The van der Waals surface area contributed by atoms with Crippen LogP contribution in [0.4, 0.5) is 0 Å². The average Bonchev–Trinajstić information content (AvgIpc) is 2.92. The Morgan fingerprint density at radius 3 is 2.50 bits per heavy atom. The predicted molar refractivity (Wildman–Crippen MR) is 97.8 cm³/mol. The SMILES string of the molecule is CCSc1ncc(-c2ccc(Br)cc2)n1-c1ccccc1C. The van der Waals surface area contributed by atoms with Crippen molar-refractivity contribution in [2.75, 3.05) is 5.75 Å². The highest BCUT2D eigenvalue weighted by atomic mass is 79.9. The Hall–Kier alpha value is -1.52. The minimum absolute atomic E-state index is 1.00. The lowest BCUT2D eigenvalue weighted by atomic mass is 10.1. The molecule has 0 saturated heterocycles. The molecular formula is C18H17BrN2S. The van der Waals surface area contributed by atoms with Gasteiger partial charge in [0.15, 0.2) is 5.16 Å². The fraction of sp³-hybridized carbons (Fsp3) is 0.167. The zero-order valence-corrected chi connectivity index (χ0v) is 15.0. The van der Waals surface area contributed by atoms with Crippen LogP contribution in [0.2, 0.25) is 0 Å². The van der Waals surface area contributed by atoms with Gasteiger partial charge in [-0.15, -0.1) is 0 Å². The lowest BCUT2D eigenvalue weighted by Crippen LogP contribution is -2.01. The van der Waals surface area contributed by atoms with Crippen LogP contribution in [0.25, 0.3) is 16.9 Å². The van der Waals surface area contributed by atoms with Crippen molar-refractivity contribution in [3.8, 4) is 16.9 Å². The number of aromatic nitrogens is 2. The summed E-state index contributed by atoms with van der Waals surface area (Å²) in [7, 11) is 0. The van der Waals surface area contributed by atoms with Gasteiger partial charge in [0, 0.05) is 10.0 Å². The molecule has 3 aromatic rings. The largest absolute Gasteiger partial charge is 0.287 e. The Kier molecular flexibility index (Phi) is 4.69. The van der Waals surface area contributed by atoms with E-state index in [1.54, 1.807) is 11.8 Å². The average molecular weight is 373 g/mol. The van der Waals surface area contributed by atoms with Gasteiger partial charge in [0.1, 0.15) is 0 Å². The monoisotopic (exact) mass is 372 g/mol. The first-order valence-electron chi connectivity index (χ1n) is 7.23. The van der Waals surface area contributed by atoms with Crippen molar-refractivity contribution in [3.63, 3.8) is 0 Å². The summed E-state index contributed by atoms with van der Waals surface area (Å²) in [5.74, 6) is 1.00. The molecule has 2 nitrogen and oxygen atoms in total. The molecule has 0 radical (unpaired) electrons. The van der Waals surface area contributed by atoms with Crippen LogP contribution in [0, 0.1) is 6.92 Å². The highest BCUT2D eigenvalue weighted by molar-refractivity contribution is 9.10. The van der Waals surface area contributed by atoms with E-state index in [4.69, 9.17) is 0 Å². The van der Waals surface area contributed by atoms with E-state index in [0.29, 0.717) is 0 Å². The lowest BCUT2D eigenvalue weighted by molar-refractivity contribution is 0.894. The van der Waals surface area contributed by atoms with E-state index >= 15 is 0 Å². The molecule has 4 heteroatoms. The topological polar surface area (TPSA) is 17.8 Å². The van der Waals surface area contributed by atoms with Crippen molar-refractivity contribution in [2.24, 2.45) is 0 Å². The molecule has 0 aliphatic rings. The van der Waals surface area contributed by atoms with Gasteiger partial charge in [-0.2, -0.15) is 0 Å². The minimum Gasteiger partial charge on any atom is -0.287 e. The zero-order chi connectivity index (χ0) is 15.5. The van der Waals surface area contributed by atoms with Gasteiger partial charge in [0.2, 0.25) is 0 Å². The summed E-state index contributed by atoms with van der Waals surface area (Å²) < 4.78 is 3.34. The van der Waals surface area contributed by atoms with E-state index in [2.05, 4.69) is 87.9 Å². The van der Waals surface area contributed by atoms with E-state index in [1.807, 2.05) is 6.20 Å². The van der Waals surface area contributed by atoms with E-state index in [1.165, 1.54) is 16.8 Å². The van der Waals surface area contributed by atoms with E-state index in [9.17, 15) is 0 Å². The van der Waals surface area contributed by atoms with Crippen molar-refractivity contribution >= 4 is 27.7 Å². The standard InChI is InChI=1S/C18H17BrN2S/c1-3-22-18-20-12-17(14-8-10-15(19)11-9-14)21(18)16-7-5-4-6-13(16)2/h4-12H,3H2,1-2H3. The van der Waals surface area contributed by atoms with Crippen molar-refractivity contribution in [2.45, 2.75) is 19.0 Å². The summed E-state index contributed by atoms with van der Waals surface area (Å²) in [4.78, 5) is 4.64. The number of halogens is 1. The summed E-state index contributed by atoms with van der Waals surface area (Å²) in [6.45, 7) is 4.29. The van der Waals surface area contributed by atoms with Crippen LogP contribution in [-0.2, 0) is 0 Å². The third kappa shape index (κ3) is 2.99. The molecule has 0 aliphatic heterocycles. The minimum atomic E-state index is 1.00. The molecule has 0 fully saturated rings. The van der Waals surface area contributed by atoms with Gasteiger partial charge in [-0.1, -0.05) is 64.9 Å². The van der Waals surface area contributed by atoms with Gasteiger partial charge in [0.25, 0.3) is 0 Å². The Balaban J connectivity index is 2.20. The third-order valence-corrected chi connectivity index (χ3v) is 4.86. The number of benzene rings is 2. The maximum atomic E-state index is 4.64. The molecule has 0 atom stereocenters. The van der Waals surface area contributed by atoms with E-state index < -0.39 is 0 Å². The smallest absolute Gasteiger partial charge is 0.173 e. The van der Waals surface area contributed by atoms with Crippen LogP contribution < -0.4 is 0 Å². The molecule has 0 bridgehead atoms. The van der Waals surface area contributed by atoms with E-state index in [0.717, 1.165) is 21.1 Å². The molecule has 1 heterocycles. The molecule has 0 amide bonds. The molecule has 22 heavy (non-hydrogen) atoms. The van der Waals surface area contributed by atoms with Gasteiger partial charge >= 0.3 is 0 Å². The van der Waals surface area contributed by atoms with Gasteiger partial charge in [-0.3, -0.25) is 4.57 Å². The second-order valence-corrected chi connectivity index (χ2v) is 7.13. The summed E-state index contributed by atoms with van der Waals surface area (Å²) in [6.07, 6.45) is 1.97. The highest BCUT2D eigenvalue weighted by Gasteiger charge is 2.14. The molecule has 0 unspecified atom stereocenters. The molecule has 0 aliphatic carbocycles. The number of hydrogen-bond donors (Lipinski definition) is 0. The lowest BCUT2D eigenvalue weighted by Gasteiger charge is -2.14. The zero-order valence-electron chi connectivity index (χ0n) is 12.6. The quantitative estimate of drug-likeness (QED) is 0.544. The van der Waals surface area contributed by atoms with Gasteiger partial charge in [0.05, 0.1) is 17.6 Å². The van der Waals surface area contributed by atoms with Gasteiger partial charge in [-0.25, -0.2) is 4.98 Å². The summed E-state index contributed by atoms with van der Waals surface area (Å²) in [5, 5.41) is 1.04. The van der Waals surface area contributed by atoms with Gasteiger partial charge in [-0.05, 0) is 36.4 Å².